The predicted octanol–water partition coefficient (Wildman–Crippen LogP) is 27.0. The van der Waals surface area contributed by atoms with Crippen molar-refractivity contribution in [2.45, 2.75) is 490 Å². The van der Waals surface area contributed by atoms with Gasteiger partial charge in [-0.1, -0.05) is 420 Å². The first-order chi connectivity index (χ1) is 51.9. The van der Waals surface area contributed by atoms with Gasteiger partial charge in [-0.3, -0.25) is 37.3 Å². The molecule has 0 bridgehead atoms. The van der Waals surface area contributed by atoms with E-state index in [9.17, 15) is 43.2 Å². The molecule has 0 aromatic carbocycles. The Morgan fingerprint density at radius 3 is 0.710 bits per heavy atom. The second-order valence-corrected chi connectivity index (χ2v) is 35.3. The molecule has 636 valence electrons. The number of carbonyl (C=O) groups excluding carboxylic acids is 4. The summed E-state index contributed by atoms with van der Waals surface area (Å²) < 4.78 is 68.9. The molecule has 107 heavy (non-hydrogen) atoms. The molecule has 0 aliphatic carbocycles. The van der Waals surface area contributed by atoms with Crippen LogP contribution in [0.4, 0.5) is 0 Å². The van der Waals surface area contributed by atoms with Crippen molar-refractivity contribution < 1.29 is 80.2 Å². The molecule has 0 heterocycles. The highest BCUT2D eigenvalue weighted by atomic mass is 31.2. The number of hydrogen-bond acceptors (Lipinski definition) is 15. The monoisotopic (exact) mass is 1560 g/mol. The number of rotatable bonds is 87. The first kappa shape index (κ1) is 105. The highest BCUT2D eigenvalue weighted by molar-refractivity contribution is 7.47. The second-order valence-electron chi connectivity index (χ2n) is 32.4. The van der Waals surface area contributed by atoms with Gasteiger partial charge in [0.25, 0.3) is 0 Å². The Morgan fingerprint density at radius 2 is 0.477 bits per heavy atom. The molecule has 0 aromatic rings. The summed E-state index contributed by atoms with van der Waals surface area (Å²) in [6, 6.07) is 0. The number of phosphoric acid groups is 2. The van der Waals surface area contributed by atoms with Crippen LogP contribution in [0.15, 0.2) is 0 Å². The molecule has 0 spiro atoms. The number of aliphatic hydroxyl groups excluding tert-OH is 1. The number of phosphoric ester groups is 2. The summed E-state index contributed by atoms with van der Waals surface area (Å²) in [5.74, 6) is -0.408. The standard InChI is InChI=1S/C88H172O17P2/c1-7-10-12-14-16-18-19-20-21-32-38-43-48-54-60-66-72-87(92)104-83(76-98-85(90)70-64-58-52-17-15-13-11-8-2)78-102-106(94,95)100-74-82(89)75-101-107(96,97)103-79-84(77-99-86(91)71-65-59-53-47-42-37-33-28-24-22-26-30-35-40-45-50-56-62-68-80(4)5)105-88(93)73-67-61-55-49-44-39-34-29-25-23-27-31-36-41-46-51-57-63-69-81(6)9-3/h80-84,89H,7-79H2,1-6H3,(H,94,95)(H,96,97)/t81?,82-,83+,84+/m0/s1. The molecule has 3 unspecified atom stereocenters. The van der Waals surface area contributed by atoms with Crippen molar-refractivity contribution in [3.63, 3.8) is 0 Å². The van der Waals surface area contributed by atoms with E-state index in [1.54, 1.807) is 0 Å². The molecule has 0 rings (SSSR count). The summed E-state index contributed by atoms with van der Waals surface area (Å²) in [6.45, 7) is 9.76. The maximum absolute atomic E-state index is 13.2. The van der Waals surface area contributed by atoms with Crippen molar-refractivity contribution in [2.75, 3.05) is 39.6 Å². The minimum atomic E-state index is -4.97. The zero-order chi connectivity index (χ0) is 78.5. The van der Waals surface area contributed by atoms with Crippen molar-refractivity contribution in [2.24, 2.45) is 11.8 Å². The lowest BCUT2D eigenvalue weighted by atomic mass is 9.99. The largest absolute Gasteiger partial charge is 0.472 e. The number of hydrogen-bond donors (Lipinski definition) is 3. The molecule has 17 nitrogen and oxygen atoms in total. The third-order valence-corrected chi connectivity index (χ3v) is 23.0. The zero-order valence-corrected chi connectivity index (χ0v) is 72.2. The van der Waals surface area contributed by atoms with Crippen LogP contribution in [0.1, 0.15) is 472 Å². The van der Waals surface area contributed by atoms with E-state index in [4.69, 9.17) is 37.0 Å². The molecule has 6 atom stereocenters. The van der Waals surface area contributed by atoms with E-state index < -0.39 is 97.5 Å². The van der Waals surface area contributed by atoms with Gasteiger partial charge in [-0.2, -0.15) is 0 Å². The SMILES string of the molecule is CCCCCCCCCCCCCCCCCCC(=O)O[C@H](COC(=O)CCCCCCCCCC)COP(=O)(O)OC[C@H](O)COP(=O)(O)OC[C@@H](COC(=O)CCCCCCCCCCCCCCCCCCCCC(C)C)OC(=O)CCCCCCCCCCCCCCCCCCCCC(C)CC. The minimum absolute atomic E-state index is 0.108. The molecule has 3 N–H and O–H groups in total. The zero-order valence-electron chi connectivity index (χ0n) is 70.5. The van der Waals surface area contributed by atoms with Crippen molar-refractivity contribution in [1.82, 2.24) is 0 Å². The fourth-order valence-electron chi connectivity index (χ4n) is 13.7. The fraction of sp³-hybridized carbons (Fsp3) is 0.955. The van der Waals surface area contributed by atoms with Gasteiger partial charge in [-0.05, 0) is 37.5 Å². The predicted molar refractivity (Wildman–Crippen MR) is 442 cm³/mol. The number of carbonyl (C=O) groups is 4. The molecule has 0 fully saturated rings. The molecule has 0 amide bonds. The van der Waals surface area contributed by atoms with Crippen LogP contribution < -0.4 is 0 Å². The average molecular weight is 1560 g/mol. The molecule has 0 radical (unpaired) electrons. The normalized spacial score (nSPS) is 14.0. The van der Waals surface area contributed by atoms with Gasteiger partial charge in [0, 0.05) is 25.7 Å². The highest BCUT2D eigenvalue weighted by Crippen LogP contribution is 2.45. The maximum atomic E-state index is 13.2. The van der Waals surface area contributed by atoms with Crippen molar-refractivity contribution in [3.05, 3.63) is 0 Å². The van der Waals surface area contributed by atoms with Crippen LogP contribution in [-0.2, 0) is 65.4 Å². The van der Waals surface area contributed by atoms with E-state index in [1.165, 1.54) is 283 Å². The van der Waals surface area contributed by atoms with Gasteiger partial charge < -0.3 is 33.8 Å². The van der Waals surface area contributed by atoms with Crippen molar-refractivity contribution in [3.8, 4) is 0 Å². The van der Waals surface area contributed by atoms with Crippen LogP contribution in [0, 0.1) is 11.8 Å². The summed E-state index contributed by atoms with van der Waals surface area (Å²) in [7, 11) is -9.93. The van der Waals surface area contributed by atoms with Gasteiger partial charge in [0.15, 0.2) is 12.2 Å². The Morgan fingerprint density at radius 1 is 0.271 bits per heavy atom. The van der Waals surface area contributed by atoms with Crippen molar-refractivity contribution >= 4 is 39.5 Å². The summed E-state index contributed by atoms with van der Waals surface area (Å²) in [4.78, 5) is 73.2. The number of aliphatic hydroxyl groups is 1. The third-order valence-electron chi connectivity index (χ3n) is 21.1. The Hall–Kier alpha value is -1.94. The first-order valence-corrected chi connectivity index (χ1v) is 48.5. The summed E-state index contributed by atoms with van der Waals surface area (Å²) >= 11 is 0. The number of ether oxygens (including phenoxy) is 4. The van der Waals surface area contributed by atoms with Crippen LogP contribution in [0.5, 0.6) is 0 Å². The summed E-state index contributed by atoms with van der Waals surface area (Å²) in [5, 5.41) is 10.7. The van der Waals surface area contributed by atoms with Crippen molar-refractivity contribution in [1.29, 1.82) is 0 Å². The van der Waals surface area contributed by atoms with Crippen LogP contribution in [0.2, 0.25) is 0 Å². The molecule has 0 saturated carbocycles. The van der Waals surface area contributed by atoms with Gasteiger partial charge in [-0.15, -0.1) is 0 Å². The number of esters is 4. The van der Waals surface area contributed by atoms with Crippen LogP contribution >= 0.6 is 15.6 Å². The molecule has 19 heteroatoms. The third kappa shape index (κ3) is 80.5. The highest BCUT2D eigenvalue weighted by Gasteiger charge is 2.31. The van der Waals surface area contributed by atoms with Gasteiger partial charge in [0.1, 0.15) is 19.3 Å². The van der Waals surface area contributed by atoms with Gasteiger partial charge >= 0.3 is 39.5 Å². The maximum Gasteiger partial charge on any atom is 0.472 e. The molecule has 0 saturated heterocycles. The molecular formula is C88H172O17P2. The van der Waals surface area contributed by atoms with Gasteiger partial charge in [0.2, 0.25) is 0 Å². The smallest absolute Gasteiger partial charge is 0.462 e. The lowest BCUT2D eigenvalue weighted by molar-refractivity contribution is -0.161. The van der Waals surface area contributed by atoms with E-state index in [1.807, 2.05) is 0 Å². The summed E-state index contributed by atoms with van der Waals surface area (Å²) in [5.41, 5.74) is 0. The van der Waals surface area contributed by atoms with E-state index in [-0.39, 0.29) is 25.7 Å². The number of unbranched alkanes of at least 4 members (excludes halogenated alkanes) is 56. The lowest BCUT2D eigenvalue weighted by Gasteiger charge is -2.21. The average Bonchev–Trinajstić information content (AvgIpc) is 0.903. The second kappa shape index (κ2) is 79.3. The van der Waals surface area contributed by atoms with E-state index >= 15 is 0 Å². The van der Waals surface area contributed by atoms with E-state index in [0.29, 0.717) is 25.7 Å². The molecular weight excluding hydrogens is 1390 g/mol. The Bertz CT molecular complexity index is 2050. The minimum Gasteiger partial charge on any atom is -0.462 e. The van der Waals surface area contributed by atoms with E-state index in [2.05, 4.69) is 41.5 Å². The van der Waals surface area contributed by atoms with Crippen LogP contribution in [0.3, 0.4) is 0 Å². The van der Waals surface area contributed by atoms with E-state index in [0.717, 1.165) is 108 Å². The Labute approximate surface area is 658 Å². The molecule has 0 aliphatic rings. The first-order valence-electron chi connectivity index (χ1n) is 45.5. The lowest BCUT2D eigenvalue weighted by Crippen LogP contribution is -2.30. The van der Waals surface area contributed by atoms with Crippen LogP contribution in [0.25, 0.3) is 0 Å². The topological polar surface area (TPSA) is 237 Å². The Balaban J connectivity index is 5.18. The van der Waals surface area contributed by atoms with Crippen LogP contribution in [-0.4, -0.2) is 96.7 Å². The van der Waals surface area contributed by atoms with Gasteiger partial charge in [0.05, 0.1) is 26.4 Å². The fourth-order valence-corrected chi connectivity index (χ4v) is 15.3. The molecule has 0 aromatic heterocycles. The molecule has 0 aliphatic heterocycles. The van der Waals surface area contributed by atoms with Gasteiger partial charge in [-0.25, -0.2) is 9.13 Å². The Kier molecular flexibility index (Phi) is 77.9. The summed E-state index contributed by atoms with van der Waals surface area (Å²) in [6.07, 6.45) is 72.3. The quantitative estimate of drug-likeness (QED) is 0.0222.